The van der Waals surface area contributed by atoms with Crippen molar-refractivity contribution in [2.75, 3.05) is 6.61 Å². The zero-order valence-electron chi connectivity index (χ0n) is 78.2. The molecule has 23 nitrogen and oxygen atoms in total. The SMILES string of the molecule is CC(=O)O[C@@H]1OC(COC(=O)c2cc(OCc3ccccc3)c(OCc3ccccc3)c(OCc3ccccc3)c2)[C@@H](OC(=O)c2cc(OCc3ccccc3)c(OCc3ccccc3)c(OCc3ccccc3)c2)[C@H](OC(=O)c2cc(OCc3ccccc3)c(OCc3ccccc3)c(OCc3ccccc3)c2)C1OC(=O)c1cc(OCc2ccccc2)c(OCc2ccccc2)c(OCc2ccccc2)c1. The van der Waals surface area contributed by atoms with Crippen LogP contribution in [-0.2, 0) is 112 Å². The standard InChI is InChI=1S/C120H102O23/c1-83(121)139-120-115(143-119(125)99-68-106(132-76-90-50-26-8-27-51-90)112(137-81-95-60-36-13-37-61-95)107(69-99)133-77-91-52-28-9-29-53-91)114(142-118(124)98-66-104(130-74-88-46-22-6-23-47-88)111(136-80-94-58-34-12-35-59-94)105(67-98)131-75-89-48-24-7-25-49-89)113(141-117(123)97-64-102(128-72-86-42-18-4-19-43-86)110(135-79-93-56-32-11-33-57-93)103(65-97)129-73-87-44-20-5-21-45-87)108(140-120)82-138-116(122)96-62-100(126-70-84-38-14-2-15-39-84)109(134-78-92-54-30-10-31-55-92)101(63-96)127-71-85-40-16-3-17-41-85/h2-69,108,113-115,120H,70-82H2,1H3/t108?,113-,114+,115?,120-/m1/s1. The Morgan fingerprint density at radius 1 is 0.203 bits per heavy atom. The molecule has 1 aliphatic heterocycles. The van der Waals surface area contributed by atoms with Crippen molar-refractivity contribution in [1.82, 2.24) is 0 Å². The van der Waals surface area contributed by atoms with Crippen molar-refractivity contribution in [1.29, 1.82) is 0 Å². The number of hydrogen-bond donors (Lipinski definition) is 0. The van der Waals surface area contributed by atoms with Crippen LogP contribution in [0.25, 0.3) is 0 Å². The lowest BCUT2D eigenvalue weighted by Gasteiger charge is -2.43. The van der Waals surface area contributed by atoms with Crippen molar-refractivity contribution < 1.29 is 109 Å². The fraction of sp³-hybridized carbons (Fsp3) is 0.158. The summed E-state index contributed by atoms with van der Waals surface area (Å²) in [6.45, 7) is -0.181. The van der Waals surface area contributed by atoms with E-state index in [4.69, 9.17) is 85.3 Å². The summed E-state index contributed by atoms with van der Waals surface area (Å²) < 4.78 is 121. The minimum absolute atomic E-state index is 0.000571. The highest BCUT2D eigenvalue weighted by Crippen LogP contribution is 2.47. The molecule has 0 aromatic heterocycles. The summed E-state index contributed by atoms with van der Waals surface area (Å²) in [6, 6.07) is 124. The molecule has 1 saturated heterocycles. The van der Waals surface area contributed by atoms with Crippen LogP contribution >= 0.6 is 0 Å². The summed E-state index contributed by atoms with van der Waals surface area (Å²) in [5.41, 5.74) is 8.17. The molecular formula is C120H102O23. The number of benzene rings is 16. The Hall–Kier alpha value is -17.6. The molecule has 0 N–H and O–H groups in total. The van der Waals surface area contributed by atoms with Gasteiger partial charge < -0.3 is 85.3 Å². The molecule has 0 spiro atoms. The molecule has 0 aliphatic carbocycles. The van der Waals surface area contributed by atoms with Crippen LogP contribution in [0, 0.1) is 0 Å². The van der Waals surface area contributed by atoms with Crippen LogP contribution in [0.3, 0.4) is 0 Å². The molecule has 5 atom stereocenters. The van der Waals surface area contributed by atoms with Crippen molar-refractivity contribution in [3.63, 3.8) is 0 Å². The molecule has 720 valence electrons. The van der Waals surface area contributed by atoms with E-state index in [9.17, 15) is 4.79 Å². The fourth-order valence-electron chi connectivity index (χ4n) is 15.5. The van der Waals surface area contributed by atoms with Crippen LogP contribution in [0.2, 0.25) is 0 Å². The zero-order valence-corrected chi connectivity index (χ0v) is 78.2. The predicted octanol–water partition coefficient (Wildman–Crippen LogP) is 23.8. The highest BCUT2D eigenvalue weighted by atomic mass is 16.7. The second-order valence-electron chi connectivity index (χ2n) is 33.4. The Kier molecular flexibility index (Phi) is 33.7. The molecule has 2 unspecified atom stereocenters. The molecule has 0 saturated carbocycles. The van der Waals surface area contributed by atoms with E-state index in [0.29, 0.717) is 0 Å². The van der Waals surface area contributed by atoms with Gasteiger partial charge in [0.1, 0.15) is 92.0 Å². The molecule has 1 heterocycles. The minimum atomic E-state index is -2.24. The molecule has 0 radical (unpaired) electrons. The maximum atomic E-state index is 16.8. The molecule has 17 rings (SSSR count). The fourth-order valence-corrected chi connectivity index (χ4v) is 15.5. The first kappa shape index (κ1) is 97.1. The average molecular weight is 1910 g/mol. The molecule has 1 fully saturated rings. The lowest BCUT2D eigenvalue weighted by Crippen LogP contribution is -2.63. The first-order valence-corrected chi connectivity index (χ1v) is 46.7. The van der Waals surface area contributed by atoms with Gasteiger partial charge in [0.15, 0.2) is 58.2 Å². The van der Waals surface area contributed by atoms with Crippen molar-refractivity contribution >= 4 is 29.8 Å². The lowest BCUT2D eigenvalue weighted by molar-refractivity contribution is -0.289. The van der Waals surface area contributed by atoms with Crippen molar-refractivity contribution in [2.24, 2.45) is 0 Å². The van der Waals surface area contributed by atoms with Gasteiger partial charge in [-0.25, -0.2) is 19.2 Å². The van der Waals surface area contributed by atoms with Gasteiger partial charge in [-0.2, -0.15) is 0 Å². The smallest absolute Gasteiger partial charge is 0.339 e. The first-order chi connectivity index (χ1) is 70.3. The van der Waals surface area contributed by atoms with E-state index in [0.717, 1.165) is 73.7 Å². The summed E-state index contributed by atoms with van der Waals surface area (Å²) in [4.78, 5) is 80.2. The van der Waals surface area contributed by atoms with Crippen LogP contribution in [0.15, 0.2) is 413 Å². The van der Waals surface area contributed by atoms with Gasteiger partial charge >= 0.3 is 29.8 Å². The van der Waals surface area contributed by atoms with E-state index in [1.54, 1.807) is 0 Å². The lowest BCUT2D eigenvalue weighted by atomic mass is 9.97. The minimum Gasteiger partial charge on any atom is -0.485 e. The van der Waals surface area contributed by atoms with E-state index in [1.165, 1.54) is 48.5 Å². The van der Waals surface area contributed by atoms with Crippen LogP contribution < -0.4 is 56.8 Å². The Morgan fingerprint density at radius 2 is 0.371 bits per heavy atom. The Bertz CT molecular complexity index is 6550. The summed E-state index contributed by atoms with van der Waals surface area (Å²) in [7, 11) is 0. The van der Waals surface area contributed by atoms with Gasteiger partial charge in [0.05, 0.1) is 22.3 Å². The van der Waals surface area contributed by atoms with E-state index < -0.39 is 67.2 Å². The van der Waals surface area contributed by atoms with Crippen molar-refractivity contribution in [3.8, 4) is 69.0 Å². The third-order valence-electron chi connectivity index (χ3n) is 22.8. The van der Waals surface area contributed by atoms with Crippen LogP contribution in [-0.4, -0.2) is 67.2 Å². The molecule has 23 heteroatoms. The number of carbonyl (C=O) groups is 5. The van der Waals surface area contributed by atoms with Crippen molar-refractivity contribution in [3.05, 3.63) is 502 Å². The second-order valence-corrected chi connectivity index (χ2v) is 33.4. The van der Waals surface area contributed by atoms with Crippen LogP contribution in [0.4, 0.5) is 0 Å². The highest BCUT2D eigenvalue weighted by molar-refractivity contribution is 5.94. The van der Waals surface area contributed by atoms with Gasteiger partial charge in [-0.15, -0.1) is 0 Å². The van der Waals surface area contributed by atoms with Gasteiger partial charge in [0, 0.05) is 6.92 Å². The number of ether oxygens (including phenoxy) is 18. The van der Waals surface area contributed by atoms with Gasteiger partial charge in [-0.3, -0.25) is 4.79 Å². The van der Waals surface area contributed by atoms with E-state index >= 15 is 19.2 Å². The third kappa shape index (κ3) is 27.7. The van der Waals surface area contributed by atoms with Gasteiger partial charge in [-0.1, -0.05) is 364 Å². The molecule has 0 amide bonds. The van der Waals surface area contributed by atoms with Gasteiger partial charge in [0.25, 0.3) is 0 Å². The predicted molar refractivity (Wildman–Crippen MR) is 533 cm³/mol. The molecule has 0 bridgehead atoms. The Balaban J connectivity index is 0.837. The van der Waals surface area contributed by atoms with E-state index in [2.05, 4.69) is 0 Å². The summed E-state index contributed by atoms with van der Waals surface area (Å²) in [5, 5.41) is 0. The van der Waals surface area contributed by atoms with Gasteiger partial charge in [-0.05, 0) is 115 Å². The molecule has 16 aromatic carbocycles. The maximum Gasteiger partial charge on any atom is 0.339 e. The molecule has 143 heavy (non-hydrogen) atoms. The van der Waals surface area contributed by atoms with E-state index in [-0.39, 0.29) is 171 Å². The van der Waals surface area contributed by atoms with E-state index in [1.807, 2.05) is 364 Å². The summed E-state index contributed by atoms with van der Waals surface area (Å²) in [6.07, 6.45) is -10.7. The number of esters is 5. The topological polar surface area (TPSA) is 251 Å². The van der Waals surface area contributed by atoms with Crippen LogP contribution in [0.1, 0.15) is 115 Å². The highest BCUT2D eigenvalue weighted by Gasteiger charge is 2.55. The van der Waals surface area contributed by atoms with Gasteiger partial charge in [0.2, 0.25) is 35.4 Å². The average Bonchev–Trinajstić information content (AvgIpc) is 0.764. The number of rotatable bonds is 46. The monoisotopic (exact) mass is 1910 g/mol. The third-order valence-corrected chi connectivity index (χ3v) is 22.8. The summed E-state index contributed by atoms with van der Waals surface area (Å²) in [5.74, 6) is -5.08. The Morgan fingerprint density at radius 3 is 0.559 bits per heavy atom. The molecular weight excluding hydrogens is 1810 g/mol. The number of carbonyl (C=O) groups excluding carboxylic acids is 5. The van der Waals surface area contributed by atoms with Crippen LogP contribution in [0.5, 0.6) is 69.0 Å². The summed E-state index contributed by atoms with van der Waals surface area (Å²) >= 11 is 0. The maximum absolute atomic E-state index is 16.8. The molecule has 16 aromatic rings. The quantitative estimate of drug-likeness (QED) is 0.0254. The number of hydrogen-bond acceptors (Lipinski definition) is 23. The second kappa shape index (κ2) is 49.6. The largest absolute Gasteiger partial charge is 0.485 e. The van der Waals surface area contributed by atoms with Crippen molar-refractivity contribution in [2.45, 2.75) is 117 Å². The Labute approximate surface area is 828 Å². The first-order valence-electron chi connectivity index (χ1n) is 46.7. The zero-order chi connectivity index (χ0) is 97.9. The normalized spacial score (nSPS) is 14.0. The molecule has 1 aliphatic rings.